The Balaban J connectivity index is -0.000000101. The number of hydrogen-bond acceptors (Lipinski definition) is 0. The Bertz CT molecular complexity index is 1170. The van der Waals surface area contributed by atoms with E-state index in [1.165, 1.54) is 64.5 Å². The molecule has 0 saturated heterocycles. The van der Waals surface area contributed by atoms with Crippen LogP contribution in [0.5, 0.6) is 0 Å². The minimum Gasteiger partial charge on any atom is -0.210 e. The van der Waals surface area contributed by atoms with Gasteiger partial charge >= 0.3 is 6.18 Å². The quantitative estimate of drug-likeness (QED) is 0.0632. The molecule has 0 saturated carbocycles. The SMILES string of the molecule is C.C=CCC(C)(C)C(C)C.C=CCC(C)(C)C(F)(F)F.C=CCC(C)(C)C(F)F.C=CCC(C)(C)CC.C=CCC(C)(C)CCC.C=CCC(C)(C)CCCC.C=CCC(C)(CCC)C(F)F. The zero-order chi connectivity index (χ0) is 54.3. The van der Waals surface area contributed by atoms with Crippen LogP contribution in [0.25, 0.3) is 0 Å². The lowest BCUT2D eigenvalue weighted by Gasteiger charge is -2.27. The first kappa shape index (κ1) is 81.7. The predicted molar refractivity (Wildman–Crippen MR) is 294 cm³/mol. The van der Waals surface area contributed by atoms with Crippen molar-refractivity contribution in [2.24, 2.45) is 43.8 Å². The fraction of sp³-hybridized carbons (Fsp3) is 0.767. The summed E-state index contributed by atoms with van der Waals surface area (Å²) in [4.78, 5) is 0. The second kappa shape index (κ2) is 42.6. The Morgan fingerprint density at radius 3 is 0.925 bits per heavy atom. The van der Waals surface area contributed by atoms with Crippen LogP contribution in [0.15, 0.2) is 88.6 Å². The van der Waals surface area contributed by atoms with Crippen molar-refractivity contribution in [3.8, 4) is 0 Å². The molecule has 0 aromatic rings. The van der Waals surface area contributed by atoms with E-state index < -0.39 is 35.3 Å². The summed E-state index contributed by atoms with van der Waals surface area (Å²) >= 11 is 0. The van der Waals surface area contributed by atoms with Gasteiger partial charge in [-0.2, -0.15) is 13.2 Å². The third-order valence-electron chi connectivity index (χ3n) is 12.1. The normalized spacial score (nSPS) is 12.6. The summed E-state index contributed by atoms with van der Waals surface area (Å²) < 4.78 is 84.6. The molecule has 0 radical (unpaired) electrons. The van der Waals surface area contributed by atoms with Gasteiger partial charge < -0.3 is 0 Å². The van der Waals surface area contributed by atoms with Crippen LogP contribution in [0.3, 0.4) is 0 Å². The summed E-state index contributed by atoms with van der Waals surface area (Å²) in [7, 11) is 0. The summed E-state index contributed by atoms with van der Waals surface area (Å²) in [6.07, 6.45) is 18.2. The minimum absolute atomic E-state index is 0. The summed E-state index contributed by atoms with van der Waals surface area (Å²) in [6, 6.07) is 0. The molecule has 0 aromatic heterocycles. The van der Waals surface area contributed by atoms with E-state index in [9.17, 15) is 30.7 Å². The van der Waals surface area contributed by atoms with Crippen molar-refractivity contribution in [1.82, 2.24) is 0 Å². The van der Waals surface area contributed by atoms with E-state index in [0.717, 1.165) is 51.9 Å². The van der Waals surface area contributed by atoms with E-state index in [1.54, 1.807) is 13.0 Å². The molecule has 0 nitrogen and oxygen atoms in total. The van der Waals surface area contributed by atoms with E-state index >= 15 is 0 Å². The summed E-state index contributed by atoms with van der Waals surface area (Å²) in [5.41, 5.74) is -1.51. The van der Waals surface area contributed by atoms with Crippen molar-refractivity contribution in [3.63, 3.8) is 0 Å². The van der Waals surface area contributed by atoms with E-state index in [1.807, 2.05) is 31.2 Å². The molecule has 0 rings (SSSR count). The molecule has 0 N–H and O–H groups in total. The predicted octanol–water partition coefficient (Wildman–Crippen LogP) is 23.7. The highest BCUT2D eigenvalue weighted by Crippen LogP contribution is 2.40. The molecule has 0 amide bonds. The first-order chi connectivity index (χ1) is 29.7. The van der Waals surface area contributed by atoms with Gasteiger partial charge in [0, 0.05) is 10.8 Å². The first-order valence-corrected chi connectivity index (χ1v) is 24.6. The topological polar surface area (TPSA) is 0 Å². The van der Waals surface area contributed by atoms with E-state index in [4.69, 9.17) is 0 Å². The second-order valence-corrected chi connectivity index (χ2v) is 22.7. The highest BCUT2D eigenvalue weighted by Gasteiger charge is 2.46. The van der Waals surface area contributed by atoms with Gasteiger partial charge in [-0.05, 0) is 91.8 Å². The average Bonchev–Trinajstić information content (AvgIpc) is 3.15. The van der Waals surface area contributed by atoms with Crippen molar-refractivity contribution in [2.75, 3.05) is 0 Å². The van der Waals surface area contributed by atoms with Gasteiger partial charge in [0.05, 0.1) is 5.41 Å². The minimum atomic E-state index is -4.12. The zero-order valence-corrected chi connectivity index (χ0v) is 47.0. The largest absolute Gasteiger partial charge is 0.394 e. The van der Waals surface area contributed by atoms with Gasteiger partial charge in [0.2, 0.25) is 12.9 Å². The molecular weight excluding hydrogens is 854 g/mol. The summed E-state index contributed by atoms with van der Waals surface area (Å²) in [5, 5.41) is 0. The maximum absolute atomic E-state index is 12.4. The van der Waals surface area contributed by atoms with Gasteiger partial charge in [-0.3, -0.25) is 0 Å². The van der Waals surface area contributed by atoms with Crippen molar-refractivity contribution in [1.29, 1.82) is 0 Å². The number of allylic oxidation sites excluding steroid dienone is 7. The fourth-order valence-electron chi connectivity index (χ4n) is 5.60. The van der Waals surface area contributed by atoms with E-state index in [0.29, 0.717) is 40.9 Å². The van der Waals surface area contributed by atoms with Crippen LogP contribution in [0.1, 0.15) is 235 Å². The molecule has 0 aliphatic rings. The standard InChI is InChI=1S/C10H20.C9H16F2.2C9H18.C8H16.C7H11F3.C7H12F2.CH4/c1-5-7-9-10(3,4)8-6-2;1-4-6-9(3,7-5-2)8(10)11;1-6-7-9(4,5)8(2)3;1-5-7-9(3,4)8-6-2;1-5-7-8(3,4)6-2;1-4-5-6(2,3)7(8,9)10;1-4-5-7(2,3)6(8)9;/h6H,2,5,7-9H2,1,3-4H3;4,8H,1,5-7H2,2-3H3;6,8H,1,7H2,2-5H3;5H,1,6-8H2,2-4H3;5H,1,6-7H2,2-4H3;4H,1,5H2,2-3H3;4,6H,1,5H2,2-3H3;1H4. The third kappa shape index (κ3) is 51.4. The number of hydrogen-bond donors (Lipinski definition) is 0. The van der Waals surface area contributed by atoms with Crippen molar-refractivity contribution < 1.29 is 30.7 Å². The lowest BCUT2D eigenvalue weighted by atomic mass is 9.78. The first-order valence-electron chi connectivity index (χ1n) is 24.6. The monoisotopic (exact) mass is 969 g/mol. The lowest BCUT2D eigenvalue weighted by molar-refractivity contribution is -0.210. The molecular formula is C60H115F7. The fourth-order valence-corrected chi connectivity index (χ4v) is 5.60. The van der Waals surface area contributed by atoms with Crippen molar-refractivity contribution >= 4 is 0 Å². The number of unbranched alkanes of at least 4 members (excludes halogenated alkanes) is 1. The van der Waals surface area contributed by atoms with Crippen LogP contribution in [0.4, 0.5) is 30.7 Å². The van der Waals surface area contributed by atoms with Gasteiger partial charge in [-0.1, -0.05) is 214 Å². The van der Waals surface area contributed by atoms with E-state index in [2.05, 4.69) is 136 Å². The molecule has 0 aliphatic heterocycles. The molecule has 404 valence electrons. The summed E-state index contributed by atoms with van der Waals surface area (Å²) in [5.74, 6) is 0.746. The smallest absolute Gasteiger partial charge is 0.210 e. The average molecular weight is 970 g/mol. The Morgan fingerprint density at radius 2 is 0.731 bits per heavy atom. The molecule has 0 aliphatic carbocycles. The highest BCUT2D eigenvalue weighted by molar-refractivity contribution is 4.86. The van der Waals surface area contributed by atoms with Gasteiger partial charge in [0.15, 0.2) is 0 Å². The van der Waals surface area contributed by atoms with Crippen LogP contribution < -0.4 is 0 Å². The zero-order valence-electron chi connectivity index (χ0n) is 47.0. The van der Waals surface area contributed by atoms with Crippen molar-refractivity contribution in [3.05, 3.63) is 88.6 Å². The van der Waals surface area contributed by atoms with Gasteiger partial charge in [0.25, 0.3) is 0 Å². The summed E-state index contributed by atoms with van der Waals surface area (Å²) in [6.45, 7) is 63.4. The lowest BCUT2D eigenvalue weighted by Crippen LogP contribution is -2.31. The maximum Gasteiger partial charge on any atom is 0.394 e. The highest BCUT2D eigenvalue weighted by atomic mass is 19.4. The number of rotatable bonds is 25. The van der Waals surface area contributed by atoms with E-state index in [-0.39, 0.29) is 13.8 Å². The Hall–Kier alpha value is -2.31. The molecule has 1 unspecified atom stereocenters. The molecule has 0 spiro atoms. The van der Waals surface area contributed by atoms with Crippen molar-refractivity contribution in [2.45, 2.75) is 254 Å². The van der Waals surface area contributed by atoms with Gasteiger partial charge in [-0.15, -0.1) is 46.1 Å². The molecule has 67 heavy (non-hydrogen) atoms. The van der Waals surface area contributed by atoms with Crippen LogP contribution in [-0.4, -0.2) is 19.0 Å². The van der Waals surface area contributed by atoms with Gasteiger partial charge in [0.1, 0.15) is 0 Å². The van der Waals surface area contributed by atoms with Crippen LogP contribution in [0.2, 0.25) is 0 Å². The number of halogens is 7. The molecule has 1 atom stereocenters. The van der Waals surface area contributed by atoms with Gasteiger partial charge in [-0.25, -0.2) is 17.6 Å². The molecule has 0 aromatic carbocycles. The molecule has 7 heteroatoms. The van der Waals surface area contributed by atoms with Crippen LogP contribution >= 0.6 is 0 Å². The molecule has 0 fully saturated rings. The Kier molecular flexibility index (Phi) is 51.9. The second-order valence-electron chi connectivity index (χ2n) is 22.7. The Morgan fingerprint density at radius 1 is 0.403 bits per heavy atom. The molecule has 0 bridgehead atoms. The van der Waals surface area contributed by atoms with Crippen LogP contribution in [0, 0.1) is 43.8 Å². The van der Waals surface area contributed by atoms with Crippen LogP contribution in [-0.2, 0) is 0 Å². The third-order valence-corrected chi connectivity index (χ3v) is 12.1. The number of alkyl halides is 7. The molecule has 0 heterocycles. The maximum atomic E-state index is 12.4. The Labute approximate surface area is 416 Å².